The lowest BCUT2D eigenvalue weighted by atomic mass is 10.2. The molecule has 1 atom stereocenters. The fraction of sp³-hybridized carbons (Fsp3) is 0.250. The van der Waals surface area contributed by atoms with Gasteiger partial charge in [0.15, 0.2) is 16.7 Å². The van der Waals surface area contributed by atoms with Crippen molar-refractivity contribution in [1.82, 2.24) is 5.32 Å². The van der Waals surface area contributed by atoms with Gasteiger partial charge in [0, 0.05) is 10.0 Å². The van der Waals surface area contributed by atoms with Gasteiger partial charge in [-0.15, -0.1) is 11.5 Å². The van der Waals surface area contributed by atoms with Gasteiger partial charge in [0.1, 0.15) is 11.9 Å². The third kappa shape index (κ3) is 5.24. The van der Waals surface area contributed by atoms with E-state index in [1.165, 1.54) is 13.3 Å². The van der Waals surface area contributed by atoms with Crippen LogP contribution in [0.5, 0.6) is 11.5 Å². The topological polar surface area (TPSA) is 110 Å². The number of nitrogens with one attached hydrogen (secondary N) is 1. The molecule has 0 saturated carbocycles. The zero-order chi connectivity index (χ0) is 19.1. The number of carboxylic acids is 1. The molecule has 1 aromatic rings. The van der Waals surface area contributed by atoms with Gasteiger partial charge < -0.3 is 19.9 Å². The van der Waals surface area contributed by atoms with Crippen molar-refractivity contribution in [1.29, 1.82) is 0 Å². The fourth-order valence-electron chi connectivity index (χ4n) is 1.93. The third-order valence-electron chi connectivity index (χ3n) is 3.08. The maximum absolute atomic E-state index is 11.6. The summed E-state index contributed by atoms with van der Waals surface area (Å²) in [4.78, 5) is 22.3. The van der Waals surface area contributed by atoms with Crippen LogP contribution in [0.25, 0.3) is 0 Å². The minimum Gasteiger partial charge on any atom is -0.493 e. The molecule has 26 heavy (non-hydrogen) atoms. The van der Waals surface area contributed by atoms with E-state index in [0.717, 1.165) is 11.8 Å². The number of thioether (sulfide) groups is 1. The number of benzene rings is 1. The van der Waals surface area contributed by atoms with Crippen molar-refractivity contribution in [2.45, 2.75) is 11.7 Å². The Kier molecular flexibility index (Phi) is 7.06. The largest absolute Gasteiger partial charge is 0.493 e. The van der Waals surface area contributed by atoms with Gasteiger partial charge in [-0.3, -0.25) is 9.59 Å². The van der Waals surface area contributed by atoms with Crippen molar-refractivity contribution in [3.8, 4) is 23.8 Å². The summed E-state index contributed by atoms with van der Waals surface area (Å²) in [6, 6.07) is 3.38. The van der Waals surface area contributed by atoms with Gasteiger partial charge in [-0.2, -0.15) is 5.10 Å². The monoisotopic (exact) mass is 439 g/mol. The third-order valence-corrected chi connectivity index (χ3v) is 4.83. The Morgan fingerprint density at radius 2 is 2.31 bits per heavy atom. The van der Waals surface area contributed by atoms with Crippen LogP contribution in [0.4, 0.5) is 0 Å². The van der Waals surface area contributed by atoms with Crippen LogP contribution < -0.4 is 14.8 Å². The Labute approximate surface area is 162 Å². The molecule has 0 bridgehead atoms. The Hall–Kier alpha value is -2.51. The van der Waals surface area contributed by atoms with Crippen molar-refractivity contribution in [3.63, 3.8) is 0 Å². The summed E-state index contributed by atoms with van der Waals surface area (Å²) in [7, 11) is 1.50. The van der Waals surface area contributed by atoms with E-state index in [9.17, 15) is 9.59 Å². The lowest BCUT2D eigenvalue weighted by Gasteiger charge is -2.10. The summed E-state index contributed by atoms with van der Waals surface area (Å²) < 4.78 is 11.3. The number of ether oxygens (including phenoxy) is 2. The summed E-state index contributed by atoms with van der Waals surface area (Å²) in [6.07, 6.45) is 6.36. The number of carboxylic acid groups (broad SMARTS) is 1. The number of carbonyl (C=O) groups excluding carboxylic acids is 1. The average Bonchev–Trinajstić information content (AvgIpc) is 2.93. The van der Waals surface area contributed by atoms with Gasteiger partial charge >= 0.3 is 5.97 Å². The summed E-state index contributed by atoms with van der Waals surface area (Å²) in [6.45, 7) is 0.109. The summed E-state index contributed by atoms with van der Waals surface area (Å²) >= 11 is 4.42. The molecule has 1 aromatic carbocycles. The second kappa shape index (κ2) is 9.26. The van der Waals surface area contributed by atoms with Crippen LogP contribution in [-0.2, 0) is 9.59 Å². The minimum absolute atomic E-state index is 0.109. The molecule has 0 radical (unpaired) electrons. The number of amides is 1. The molecular weight excluding hydrogens is 426 g/mol. The zero-order valence-electron chi connectivity index (χ0n) is 13.6. The molecule has 0 aromatic heterocycles. The summed E-state index contributed by atoms with van der Waals surface area (Å²) in [5.41, 5.74) is 0.663. The molecular formula is C16H14BrN3O5S. The molecule has 2 N–H and O–H groups in total. The van der Waals surface area contributed by atoms with E-state index in [2.05, 4.69) is 37.4 Å². The van der Waals surface area contributed by atoms with Crippen LogP contribution in [0.1, 0.15) is 12.0 Å². The molecule has 0 aliphatic carbocycles. The first-order valence-corrected chi connectivity index (χ1v) is 8.86. The predicted molar refractivity (Wildman–Crippen MR) is 102 cm³/mol. The normalized spacial score (nSPS) is 18.0. The molecule has 8 nitrogen and oxygen atoms in total. The number of carbonyl (C=O) groups is 2. The highest BCUT2D eigenvalue weighted by atomic mass is 79.9. The lowest BCUT2D eigenvalue weighted by molar-refractivity contribution is -0.138. The molecule has 1 aliphatic rings. The number of terminal acetylenes is 1. The maximum atomic E-state index is 11.6. The highest BCUT2D eigenvalue weighted by molar-refractivity contribution is 9.10. The second-order valence-corrected chi connectivity index (χ2v) is 6.91. The highest BCUT2D eigenvalue weighted by Gasteiger charge is 2.32. The Morgan fingerprint density at radius 1 is 1.54 bits per heavy atom. The molecule has 1 aliphatic heterocycles. The van der Waals surface area contributed by atoms with Crippen LogP contribution in [0.3, 0.4) is 0 Å². The Morgan fingerprint density at radius 3 is 2.96 bits per heavy atom. The van der Waals surface area contributed by atoms with E-state index >= 15 is 0 Å². The van der Waals surface area contributed by atoms with Crippen molar-refractivity contribution >= 4 is 51.0 Å². The number of rotatable bonds is 7. The van der Waals surface area contributed by atoms with Crippen LogP contribution in [0.2, 0.25) is 0 Å². The molecule has 1 fully saturated rings. The SMILES string of the molecule is C#CCOc1cc(Br)c(C=NN=C2NC(=O)C(CC(=O)O)S2)cc1OC. The first-order chi connectivity index (χ1) is 12.4. The fourth-order valence-corrected chi connectivity index (χ4v) is 3.27. The van der Waals surface area contributed by atoms with Gasteiger partial charge in [0.2, 0.25) is 5.91 Å². The minimum atomic E-state index is -1.05. The number of methoxy groups -OCH3 is 1. The zero-order valence-corrected chi connectivity index (χ0v) is 16.0. The number of halogens is 1. The van der Waals surface area contributed by atoms with Gasteiger partial charge in [-0.05, 0) is 28.1 Å². The Bertz CT molecular complexity index is 819. The number of hydrogen-bond donors (Lipinski definition) is 2. The van der Waals surface area contributed by atoms with Crippen molar-refractivity contribution < 1.29 is 24.2 Å². The van der Waals surface area contributed by atoms with Gasteiger partial charge in [0.05, 0.1) is 19.7 Å². The van der Waals surface area contributed by atoms with Gasteiger partial charge in [-0.1, -0.05) is 17.7 Å². The predicted octanol–water partition coefficient (Wildman–Crippen LogP) is 1.87. The van der Waals surface area contributed by atoms with Crippen molar-refractivity contribution in [3.05, 3.63) is 22.2 Å². The van der Waals surface area contributed by atoms with E-state index < -0.39 is 17.1 Å². The quantitative estimate of drug-likeness (QED) is 0.381. The van der Waals surface area contributed by atoms with E-state index in [0.29, 0.717) is 21.5 Å². The summed E-state index contributed by atoms with van der Waals surface area (Å²) in [5, 5.41) is 18.6. The van der Waals surface area contributed by atoms with Gasteiger partial charge in [0.25, 0.3) is 0 Å². The van der Waals surface area contributed by atoms with Crippen LogP contribution >= 0.6 is 27.7 Å². The van der Waals surface area contributed by atoms with E-state index in [-0.39, 0.29) is 18.2 Å². The summed E-state index contributed by atoms with van der Waals surface area (Å²) in [5.74, 6) is 1.88. The van der Waals surface area contributed by atoms with Crippen molar-refractivity contribution in [2.24, 2.45) is 10.2 Å². The molecule has 1 saturated heterocycles. The highest BCUT2D eigenvalue weighted by Crippen LogP contribution is 2.33. The molecule has 0 spiro atoms. The number of aliphatic carboxylic acids is 1. The molecule has 1 heterocycles. The van der Waals surface area contributed by atoms with Crippen LogP contribution in [0, 0.1) is 12.3 Å². The number of amidine groups is 1. The lowest BCUT2D eigenvalue weighted by Crippen LogP contribution is -2.26. The standard InChI is InChI=1S/C16H14BrN3O5S/c1-3-4-25-12-6-10(17)9(5-11(12)24-2)8-18-20-16-19-15(23)13(26-16)7-14(21)22/h1,5-6,8,13H,4,7H2,2H3,(H,21,22)(H,19,20,23). The van der Waals surface area contributed by atoms with E-state index in [1.807, 2.05) is 0 Å². The van der Waals surface area contributed by atoms with Gasteiger partial charge in [-0.25, -0.2) is 0 Å². The molecule has 136 valence electrons. The average molecular weight is 440 g/mol. The second-order valence-electron chi connectivity index (χ2n) is 4.86. The van der Waals surface area contributed by atoms with Crippen LogP contribution in [-0.4, -0.2) is 47.3 Å². The molecule has 10 heteroatoms. The molecule has 2 rings (SSSR count). The smallest absolute Gasteiger partial charge is 0.305 e. The van der Waals surface area contributed by atoms with Crippen LogP contribution in [0.15, 0.2) is 26.8 Å². The first-order valence-electron chi connectivity index (χ1n) is 7.18. The molecule has 1 unspecified atom stereocenters. The van der Waals surface area contributed by atoms with Crippen molar-refractivity contribution in [2.75, 3.05) is 13.7 Å². The maximum Gasteiger partial charge on any atom is 0.305 e. The van der Waals surface area contributed by atoms with E-state index in [1.54, 1.807) is 12.1 Å². The Balaban J connectivity index is 2.12. The number of nitrogens with zero attached hydrogens (tertiary/aromatic N) is 2. The number of hydrogen-bond acceptors (Lipinski definition) is 7. The molecule has 1 amide bonds. The first kappa shape index (κ1) is 19.8. The van der Waals surface area contributed by atoms with E-state index in [4.69, 9.17) is 21.0 Å².